The number of hydrogen-bond donors (Lipinski definition) is 1. The molecule has 0 saturated carbocycles. The molecule has 1 amide bonds. The Labute approximate surface area is 107 Å². The molecule has 4 nitrogen and oxygen atoms in total. The maximum absolute atomic E-state index is 11.6. The van der Waals surface area contributed by atoms with Gasteiger partial charge in [0.2, 0.25) is 5.91 Å². The third kappa shape index (κ3) is 4.67. The molecule has 0 heterocycles. The number of Topliss-reactive ketones (excluding diaryl/α,β-unsaturated/α-hetero) is 1. The number of nitrogens with one attached hydrogen (secondary N) is 1. The number of para-hydroxylation sites is 1. The molecule has 0 bridgehead atoms. The van der Waals surface area contributed by atoms with Gasteiger partial charge in [0.1, 0.15) is 0 Å². The van der Waals surface area contributed by atoms with Gasteiger partial charge in [0.15, 0.2) is 5.78 Å². The molecular weight excluding hydrogens is 230 g/mol. The Morgan fingerprint density at radius 2 is 1.94 bits per heavy atom. The molecule has 1 aromatic carbocycles. The summed E-state index contributed by atoms with van der Waals surface area (Å²) in [5.74, 6) is -0.201. The van der Waals surface area contributed by atoms with E-state index < -0.39 is 0 Å². The summed E-state index contributed by atoms with van der Waals surface area (Å²) in [6.07, 6.45) is 1.24. The quantitative estimate of drug-likeness (QED) is 0.597. The maximum Gasteiger partial charge on any atom is 0.226 e. The highest BCUT2D eigenvalue weighted by atomic mass is 16.5. The van der Waals surface area contributed by atoms with Crippen molar-refractivity contribution in [2.45, 2.75) is 26.7 Å². The monoisotopic (exact) mass is 249 g/mol. The van der Waals surface area contributed by atoms with Gasteiger partial charge in [-0.3, -0.25) is 9.59 Å². The molecule has 0 spiro atoms. The van der Waals surface area contributed by atoms with Gasteiger partial charge >= 0.3 is 0 Å². The van der Waals surface area contributed by atoms with Crippen molar-refractivity contribution in [1.29, 1.82) is 0 Å². The Bertz CT molecular complexity index is 415. The molecule has 0 aliphatic carbocycles. The number of rotatable bonds is 7. The summed E-state index contributed by atoms with van der Waals surface area (Å²) in [7, 11) is 0. The topological polar surface area (TPSA) is 55.4 Å². The van der Waals surface area contributed by atoms with Crippen LogP contribution in [-0.2, 0) is 9.53 Å². The highest BCUT2D eigenvalue weighted by molar-refractivity contribution is 6.03. The zero-order valence-electron chi connectivity index (χ0n) is 10.9. The molecule has 1 N–H and O–H groups in total. The van der Waals surface area contributed by atoms with Crippen molar-refractivity contribution < 1.29 is 14.3 Å². The average molecular weight is 249 g/mol. The molecule has 0 saturated heterocycles. The van der Waals surface area contributed by atoms with Gasteiger partial charge in [-0.2, -0.15) is 0 Å². The summed E-state index contributed by atoms with van der Waals surface area (Å²) in [4.78, 5) is 23.0. The molecule has 0 aliphatic heterocycles. The zero-order valence-corrected chi connectivity index (χ0v) is 10.9. The van der Waals surface area contributed by atoms with Crippen LogP contribution in [0.15, 0.2) is 24.3 Å². The van der Waals surface area contributed by atoms with E-state index in [0.717, 1.165) is 6.42 Å². The molecule has 4 heteroatoms. The van der Waals surface area contributed by atoms with Crippen LogP contribution in [0.1, 0.15) is 37.0 Å². The van der Waals surface area contributed by atoms with E-state index >= 15 is 0 Å². The lowest BCUT2D eigenvalue weighted by Gasteiger charge is -2.09. The number of hydrogen-bond acceptors (Lipinski definition) is 3. The summed E-state index contributed by atoms with van der Waals surface area (Å²) >= 11 is 0. The third-order valence-electron chi connectivity index (χ3n) is 2.40. The van der Waals surface area contributed by atoms with Crippen molar-refractivity contribution in [1.82, 2.24) is 0 Å². The van der Waals surface area contributed by atoms with Crippen LogP contribution in [0.2, 0.25) is 0 Å². The van der Waals surface area contributed by atoms with Gasteiger partial charge < -0.3 is 10.1 Å². The van der Waals surface area contributed by atoms with E-state index in [1.807, 2.05) is 6.92 Å². The van der Waals surface area contributed by atoms with Crippen LogP contribution in [0, 0.1) is 0 Å². The van der Waals surface area contributed by atoms with Crippen LogP contribution in [0.4, 0.5) is 5.69 Å². The number of carbonyl (C=O) groups is 2. The second-order valence-corrected chi connectivity index (χ2v) is 4.01. The fraction of sp³-hybridized carbons (Fsp3) is 0.429. The standard InChI is InChI=1S/C14H19NO3/c1-3-9-18-10-8-14(17)15-13-7-5-4-6-12(13)11(2)16/h4-7H,3,8-10H2,1-2H3,(H,15,17). The minimum absolute atomic E-state index is 0.0619. The Morgan fingerprint density at radius 3 is 2.61 bits per heavy atom. The van der Waals surface area contributed by atoms with Crippen molar-refractivity contribution in [3.63, 3.8) is 0 Å². The Hall–Kier alpha value is -1.68. The van der Waals surface area contributed by atoms with Crippen molar-refractivity contribution >= 4 is 17.4 Å². The normalized spacial score (nSPS) is 10.1. The molecule has 0 radical (unpaired) electrons. The first kappa shape index (κ1) is 14.4. The van der Waals surface area contributed by atoms with E-state index in [0.29, 0.717) is 30.9 Å². The van der Waals surface area contributed by atoms with Crippen LogP contribution in [0.5, 0.6) is 0 Å². The highest BCUT2D eigenvalue weighted by Gasteiger charge is 2.09. The van der Waals surface area contributed by atoms with Gasteiger partial charge in [-0.25, -0.2) is 0 Å². The van der Waals surface area contributed by atoms with Crippen LogP contribution < -0.4 is 5.32 Å². The number of carbonyl (C=O) groups excluding carboxylic acids is 2. The van der Waals surface area contributed by atoms with Gasteiger partial charge in [0.05, 0.1) is 18.7 Å². The van der Waals surface area contributed by atoms with E-state index in [2.05, 4.69) is 5.32 Å². The van der Waals surface area contributed by atoms with Crippen molar-refractivity contribution in [2.24, 2.45) is 0 Å². The van der Waals surface area contributed by atoms with Crippen molar-refractivity contribution in [2.75, 3.05) is 18.5 Å². The Kier molecular flexibility index (Phi) is 6.08. The minimum Gasteiger partial charge on any atom is -0.381 e. The van der Waals surface area contributed by atoms with Gasteiger partial charge in [-0.1, -0.05) is 19.1 Å². The van der Waals surface area contributed by atoms with Gasteiger partial charge in [-0.05, 0) is 25.5 Å². The third-order valence-corrected chi connectivity index (χ3v) is 2.40. The summed E-state index contributed by atoms with van der Waals surface area (Å²) in [5, 5.41) is 2.73. The van der Waals surface area contributed by atoms with Gasteiger partial charge in [0.25, 0.3) is 0 Å². The zero-order chi connectivity index (χ0) is 13.4. The Morgan fingerprint density at radius 1 is 1.22 bits per heavy atom. The number of ketones is 1. The average Bonchev–Trinajstić information content (AvgIpc) is 2.35. The smallest absolute Gasteiger partial charge is 0.226 e. The Balaban J connectivity index is 2.51. The van der Waals surface area contributed by atoms with Crippen LogP contribution in [0.3, 0.4) is 0 Å². The summed E-state index contributed by atoms with van der Waals surface area (Å²) in [5.41, 5.74) is 1.09. The predicted octanol–water partition coefficient (Wildman–Crippen LogP) is 2.64. The van der Waals surface area contributed by atoms with E-state index in [-0.39, 0.29) is 11.7 Å². The molecule has 0 atom stereocenters. The summed E-state index contributed by atoms with van der Waals surface area (Å²) < 4.78 is 5.24. The molecule has 0 aromatic heterocycles. The fourth-order valence-corrected chi connectivity index (χ4v) is 1.52. The number of anilines is 1. The molecule has 0 aliphatic rings. The number of amides is 1. The highest BCUT2D eigenvalue weighted by Crippen LogP contribution is 2.15. The summed E-state index contributed by atoms with van der Waals surface area (Å²) in [6.45, 7) is 4.57. The molecule has 98 valence electrons. The van der Waals surface area contributed by atoms with Crippen molar-refractivity contribution in [3.8, 4) is 0 Å². The molecular formula is C14H19NO3. The lowest BCUT2D eigenvalue weighted by Crippen LogP contribution is -2.16. The largest absolute Gasteiger partial charge is 0.381 e. The molecule has 1 rings (SSSR count). The van der Waals surface area contributed by atoms with E-state index in [9.17, 15) is 9.59 Å². The van der Waals surface area contributed by atoms with Crippen molar-refractivity contribution in [3.05, 3.63) is 29.8 Å². The number of benzene rings is 1. The van der Waals surface area contributed by atoms with E-state index in [1.165, 1.54) is 6.92 Å². The second-order valence-electron chi connectivity index (χ2n) is 4.01. The maximum atomic E-state index is 11.6. The minimum atomic E-state index is -0.139. The lowest BCUT2D eigenvalue weighted by atomic mass is 10.1. The van der Waals surface area contributed by atoms with E-state index in [4.69, 9.17) is 4.74 Å². The molecule has 1 aromatic rings. The lowest BCUT2D eigenvalue weighted by molar-refractivity contribution is -0.117. The predicted molar refractivity (Wildman–Crippen MR) is 70.8 cm³/mol. The van der Waals surface area contributed by atoms with Crippen LogP contribution >= 0.6 is 0 Å². The van der Waals surface area contributed by atoms with Gasteiger partial charge in [0, 0.05) is 12.2 Å². The van der Waals surface area contributed by atoms with Crippen LogP contribution in [-0.4, -0.2) is 24.9 Å². The SMILES string of the molecule is CCCOCCC(=O)Nc1ccccc1C(C)=O. The number of ether oxygens (including phenoxy) is 1. The molecule has 18 heavy (non-hydrogen) atoms. The first-order valence-corrected chi connectivity index (χ1v) is 6.12. The molecule has 0 unspecified atom stereocenters. The van der Waals surface area contributed by atoms with Gasteiger partial charge in [-0.15, -0.1) is 0 Å². The first-order valence-electron chi connectivity index (χ1n) is 6.12. The second kappa shape index (κ2) is 7.61. The summed E-state index contributed by atoms with van der Waals surface area (Å²) in [6, 6.07) is 6.99. The molecule has 0 fully saturated rings. The fourth-order valence-electron chi connectivity index (χ4n) is 1.52. The van der Waals surface area contributed by atoms with Crippen LogP contribution in [0.25, 0.3) is 0 Å². The first-order chi connectivity index (χ1) is 8.65. The van der Waals surface area contributed by atoms with E-state index in [1.54, 1.807) is 24.3 Å².